The smallest absolute Gasteiger partial charge is 0.280 e. The maximum absolute atomic E-state index is 13.5. The third-order valence-corrected chi connectivity index (χ3v) is 10.1. The monoisotopic (exact) mass is 569 g/mol. The third-order valence-electron chi connectivity index (χ3n) is 7.26. The van der Waals surface area contributed by atoms with E-state index in [0.29, 0.717) is 58.3 Å². The molecule has 11 nitrogen and oxygen atoms in total. The first-order valence-electron chi connectivity index (χ1n) is 13.3. The predicted molar refractivity (Wildman–Crippen MR) is 147 cm³/mol. The Balaban J connectivity index is 1.23. The van der Waals surface area contributed by atoms with Crippen LogP contribution in [0.2, 0.25) is 0 Å². The Labute approximate surface area is 231 Å². The van der Waals surface area contributed by atoms with Gasteiger partial charge < -0.3 is 15.0 Å². The summed E-state index contributed by atoms with van der Waals surface area (Å²) in [6.45, 7) is 4.19. The van der Waals surface area contributed by atoms with E-state index in [1.807, 2.05) is 6.92 Å². The summed E-state index contributed by atoms with van der Waals surface area (Å²) < 4.78 is 33.2. The third kappa shape index (κ3) is 6.04. The lowest BCUT2D eigenvalue weighted by Gasteiger charge is -2.25. The van der Waals surface area contributed by atoms with E-state index in [1.165, 1.54) is 24.2 Å². The molecular weight excluding hydrogens is 538 g/mol. The number of hydrogen-bond donors (Lipinski definition) is 2. The van der Waals surface area contributed by atoms with Crippen molar-refractivity contribution in [3.8, 4) is 16.5 Å². The highest BCUT2D eigenvalue weighted by Crippen LogP contribution is 2.37. The lowest BCUT2D eigenvalue weighted by atomic mass is 9.95. The molecular formula is C26H31N7O4S2. The highest BCUT2D eigenvalue weighted by Gasteiger charge is 2.39. The van der Waals surface area contributed by atoms with Crippen molar-refractivity contribution in [2.45, 2.75) is 56.4 Å². The van der Waals surface area contributed by atoms with E-state index in [-0.39, 0.29) is 23.1 Å². The Morgan fingerprint density at radius 2 is 2.03 bits per heavy atom. The first kappa shape index (κ1) is 26.1. The summed E-state index contributed by atoms with van der Waals surface area (Å²) in [5, 5.41) is 3.15. The number of carbonyl (C=O) groups is 1. The van der Waals surface area contributed by atoms with Crippen molar-refractivity contribution in [3.63, 3.8) is 0 Å². The number of thiazole rings is 1. The van der Waals surface area contributed by atoms with Crippen molar-refractivity contribution in [2.75, 3.05) is 24.4 Å². The van der Waals surface area contributed by atoms with Crippen LogP contribution in [0, 0.1) is 5.92 Å². The summed E-state index contributed by atoms with van der Waals surface area (Å²) in [6.07, 6.45) is 11.1. The lowest BCUT2D eigenvalue weighted by molar-refractivity contribution is 0.0920. The van der Waals surface area contributed by atoms with Crippen LogP contribution in [0.5, 0.6) is 5.88 Å². The number of rotatable bonds is 11. The van der Waals surface area contributed by atoms with E-state index in [2.05, 4.69) is 34.9 Å². The number of nitrogens with zero attached hydrogens (tertiary/aromatic N) is 5. The van der Waals surface area contributed by atoms with Gasteiger partial charge in [0.2, 0.25) is 15.9 Å². The molecule has 1 saturated heterocycles. The molecule has 0 radical (unpaired) electrons. The van der Waals surface area contributed by atoms with Crippen molar-refractivity contribution in [3.05, 3.63) is 47.6 Å². The molecule has 0 spiro atoms. The van der Waals surface area contributed by atoms with Crippen molar-refractivity contribution >= 4 is 33.0 Å². The van der Waals surface area contributed by atoms with Gasteiger partial charge in [0, 0.05) is 25.0 Å². The van der Waals surface area contributed by atoms with Gasteiger partial charge in [0.15, 0.2) is 5.01 Å². The summed E-state index contributed by atoms with van der Waals surface area (Å²) >= 11 is 1.23. The maximum atomic E-state index is 13.5. The zero-order valence-corrected chi connectivity index (χ0v) is 23.2. The number of ether oxygens (including phenoxy) is 1. The van der Waals surface area contributed by atoms with Gasteiger partial charge in [-0.15, -0.1) is 11.3 Å². The normalized spacial score (nSPS) is 20.5. The quantitative estimate of drug-likeness (QED) is 0.356. The lowest BCUT2D eigenvalue weighted by Crippen LogP contribution is -2.35. The molecule has 13 heteroatoms. The summed E-state index contributed by atoms with van der Waals surface area (Å²) in [4.78, 5) is 34.2. The number of pyridine rings is 1. The second-order valence-electron chi connectivity index (χ2n) is 10.2. The van der Waals surface area contributed by atoms with Crippen LogP contribution in [0.1, 0.15) is 60.6 Å². The standard InChI is InChI=1S/C26H31N7O4S2/c1-2-37-23-14-27-12-21(30-23)22-13-29-26(38-22)25(34)31-24(16-8-10-33(15-16)18-3-4-18)20-11-17(7-9-28-20)32-39(35,36)19-5-6-19/h7,9,11-14,16,18-19,24H,2-6,8,10,15H2,1H3,(H,28,32)(H,31,34). The number of nitrogens with one attached hydrogen (secondary N) is 2. The van der Waals surface area contributed by atoms with Gasteiger partial charge in [-0.2, -0.15) is 0 Å². The van der Waals surface area contributed by atoms with Crippen LogP contribution in [-0.4, -0.2) is 70.1 Å². The molecule has 206 valence electrons. The molecule has 2 aliphatic carbocycles. The summed E-state index contributed by atoms with van der Waals surface area (Å²) in [7, 11) is -3.41. The maximum Gasteiger partial charge on any atom is 0.280 e. The number of aromatic nitrogens is 4. The summed E-state index contributed by atoms with van der Waals surface area (Å²) in [6, 6.07) is 3.64. The second kappa shape index (κ2) is 10.8. The average molecular weight is 570 g/mol. The molecule has 4 heterocycles. The molecule has 39 heavy (non-hydrogen) atoms. The molecule has 2 atom stereocenters. The number of carbonyl (C=O) groups excluding carboxylic acids is 1. The first-order valence-corrected chi connectivity index (χ1v) is 15.7. The van der Waals surface area contributed by atoms with Gasteiger partial charge in [-0.05, 0) is 63.6 Å². The topological polar surface area (TPSA) is 139 Å². The van der Waals surface area contributed by atoms with E-state index in [0.717, 1.165) is 19.5 Å². The molecule has 0 aromatic carbocycles. The van der Waals surface area contributed by atoms with E-state index in [9.17, 15) is 13.2 Å². The van der Waals surface area contributed by atoms with Crippen LogP contribution >= 0.6 is 11.3 Å². The zero-order valence-electron chi connectivity index (χ0n) is 21.6. The molecule has 3 aromatic heterocycles. The fourth-order valence-corrected chi connectivity index (χ4v) is 7.14. The molecule has 3 fully saturated rings. The van der Waals surface area contributed by atoms with E-state index < -0.39 is 10.0 Å². The van der Waals surface area contributed by atoms with Crippen LogP contribution in [0.25, 0.3) is 10.6 Å². The first-order chi connectivity index (χ1) is 18.9. The number of hydrogen-bond acceptors (Lipinski definition) is 10. The number of amides is 1. The fraction of sp³-hybridized carbons (Fsp3) is 0.500. The number of anilines is 1. The van der Waals surface area contributed by atoms with Crippen molar-refractivity contribution < 1.29 is 17.9 Å². The SMILES string of the molecule is CCOc1cncc(-c2cnc(C(=O)NC(c3cc(NS(=O)(=O)C4CC4)ccn3)C3CCN(C4CC4)C3)s2)n1. The Bertz CT molecular complexity index is 1460. The van der Waals surface area contributed by atoms with Crippen LogP contribution in [0.4, 0.5) is 5.69 Å². The van der Waals surface area contributed by atoms with Gasteiger partial charge in [0.25, 0.3) is 5.91 Å². The van der Waals surface area contributed by atoms with Crippen LogP contribution in [0.3, 0.4) is 0 Å². The van der Waals surface area contributed by atoms with Crippen LogP contribution in [-0.2, 0) is 10.0 Å². The molecule has 2 unspecified atom stereocenters. The molecule has 3 aliphatic rings. The Kier molecular flexibility index (Phi) is 7.21. The number of likely N-dealkylation sites (tertiary alicyclic amines) is 1. The molecule has 3 aromatic rings. The molecule has 1 amide bonds. The Morgan fingerprint density at radius 1 is 1.18 bits per heavy atom. The molecule has 6 rings (SSSR count). The highest BCUT2D eigenvalue weighted by molar-refractivity contribution is 7.93. The average Bonchev–Trinajstić information content (AvgIpc) is 3.86. The largest absolute Gasteiger partial charge is 0.477 e. The molecule has 0 bridgehead atoms. The van der Waals surface area contributed by atoms with E-state index in [1.54, 1.807) is 36.9 Å². The Morgan fingerprint density at radius 3 is 2.79 bits per heavy atom. The minimum atomic E-state index is -3.41. The van der Waals surface area contributed by atoms with Gasteiger partial charge in [0.1, 0.15) is 5.69 Å². The van der Waals surface area contributed by atoms with Gasteiger partial charge in [-0.25, -0.2) is 18.4 Å². The highest BCUT2D eigenvalue weighted by atomic mass is 32.2. The van der Waals surface area contributed by atoms with E-state index >= 15 is 0 Å². The van der Waals surface area contributed by atoms with Crippen molar-refractivity contribution in [1.82, 2.24) is 30.2 Å². The van der Waals surface area contributed by atoms with Crippen LogP contribution in [0.15, 0.2) is 36.9 Å². The van der Waals surface area contributed by atoms with Gasteiger partial charge >= 0.3 is 0 Å². The van der Waals surface area contributed by atoms with Crippen LogP contribution < -0.4 is 14.8 Å². The summed E-state index contributed by atoms with van der Waals surface area (Å²) in [5.74, 6) is 0.255. The van der Waals surface area contributed by atoms with Crippen molar-refractivity contribution in [1.29, 1.82) is 0 Å². The second-order valence-corrected chi connectivity index (χ2v) is 13.2. The number of sulfonamides is 1. The molecule has 2 N–H and O–H groups in total. The Hall–Kier alpha value is -3.16. The zero-order chi connectivity index (χ0) is 27.0. The summed E-state index contributed by atoms with van der Waals surface area (Å²) in [5.41, 5.74) is 1.68. The minimum Gasteiger partial charge on any atom is -0.477 e. The van der Waals surface area contributed by atoms with Gasteiger partial charge in [-0.3, -0.25) is 19.5 Å². The molecule has 1 aliphatic heterocycles. The fourth-order valence-electron chi connectivity index (χ4n) is 4.98. The van der Waals surface area contributed by atoms with E-state index in [4.69, 9.17) is 4.74 Å². The van der Waals surface area contributed by atoms with Gasteiger partial charge in [-0.1, -0.05) is 0 Å². The predicted octanol–water partition coefficient (Wildman–Crippen LogP) is 3.25. The molecule has 2 saturated carbocycles. The van der Waals surface area contributed by atoms with Gasteiger partial charge in [0.05, 0.1) is 46.6 Å². The van der Waals surface area contributed by atoms with Crippen molar-refractivity contribution in [2.24, 2.45) is 5.92 Å². The minimum absolute atomic E-state index is 0.144.